The van der Waals surface area contributed by atoms with Crippen LogP contribution < -0.4 is 5.32 Å². The van der Waals surface area contributed by atoms with Crippen molar-refractivity contribution in [1.82, 2.24) is 5.32 Å². The molecular weight excluding hydrogens is 289 g/mol. The minimum atomic E-state index is -0.880. The first-order valence-corrected chi connectivity index (χ1v) is 6.12. The van der Waals surface area contributed by atoms with E-state index >= 15 is 0 Å². The number of carbonyl (C=O) groups is 1. The second-order valence-corrected chi connectivity index (χ2v) is 4.92. The van der Waals surface area contributed by atoms with Gasteiger partial charge < -0.3 is 10.4 Å². The van der Waals surface area contributed by atoms with Crippen LogP contribution in [0.5, 0.6) is 0 Å². The molecule has 0 aliphatic carbocycles. The molecule has 17 heavy (non-hydrogen) atoms. The number of carboxylic acids is 1. The average Bonchev–Trinajstić information content (AvgIpc) is 2.22. The third kappa shape index (κ3) is 4.44. The lowest BCUT2D eigenvalue weighted by Crippen LogP contribution is -2.40. The molecule has 0 saturated heterocycles. The van der Waals surface area contributed by atoms with Crippen molar-refractivity contribution < 1.29 is 14.3 Å². The van der Waals surface area contributed by atoms with Gasteiger partial charge in [-0.1, -0.05) is 22.0 Å². The highest BCUT2D eigenvalue weighted by Gasteiger charge is 2.14. The van der Waals surface area contributed by atoms with Crippen molar-refractivity contribution in [2.75, 3.05) is 0 Å². The zero-order valence-corrected chi connectivity index (χ0v) is 11.3. The lowest BCUT2D eigenvalue weighted by molar-refractivity contribution is -0.139. The molecule has 0 radical (unpaired) electrons. The Labute approximate surface area is 108 Å². The molecule has 1 rings (SSSR count). The molecule has 0 aliphatic rings. The fourth-order valence-electron chi connectivity index (χ4n) is 1.57. The van der Waals surface area contributed by atoms with E-state index in [0.29, 0.717) is 10.9 Å². The van der Waals surface area contributed by atoms with Crippen molar-refractivity contribution in [3.63, 3.8) is 0 Å². The Morgan fingerprint density at radius 2 is 2.18 bits per heavy atom. The molecule has 0 aromatic heterocycles. The summed E-state index contributed by atoms with van der Waals surface area (Å²) < 4.78 is 13.6. The van der Waals surface area contributed by atoms with E-state index in [1.165, 1.54) is 12.1 Å². The maximum atomic E-state index is 12.9. The first-order chi connectivity index (χ1) is 7.90. The second kappa shape index (κ2) is 6.12. The molecule has 0 spiro atoms. The highest BCUT2D eigenvalue weighted by atomic mass is 79.9. The molecule has 1 aromatic rings. The van der Waals surface area contributed by atoms with Crippen molar-refractivity contribution in [1.29, 1.82) is 0 Å². The van der Waals surface area contributed by atoms with Crippen molar-refractivity contribution in [2.24, 2.45) is 0 Å². The number of rotatable bonds is 5. The maximum absolute atomic E-state index is 12.9. The van der Waals surface area contributed by atoms with E-state index in [-0.39, 0.29) is 11.9 Å². The van der Waals surface area contributed by atoms with E-state index in [9.17, 15) is 9.18 Å². The van der Waals surface area contributed by atoms with Gasteiger partial charge in [0.15, 0.2) is 0 Å². The van der Waals surface area contributed by atoms with E-state index < -0.39 is 12.0 Å². The average molecular weight is 304 g/mol. The van der Waals surface area contributed by atoms with Crippen LogP contribution in [0, 0.1) is 5.82 Å². The second-order valence-electron chi connectivity index (χ2n) is 4.07. The van der Waals surface area contributed by atoms with Gasteiger partial charge in [-0.3, -0.25) is 4.79 Å². The molecule has 0 saturated carbocycles. The fourth-order valence-corrected chi connectivity index (χ4v) is 2.09. The van der Waals surface area contributed by atoms with Gasteiger partial charge in [-0.15, -0.1) is 0 Å². The summed E-state index contributed by atoms with van der Waals surface area (Å²) in [6.07, 6.45) is 0.637. The zero-order chi connectivity index (χ0) is 13.0. The maximum Gasteiger partial charge on any atom is 0.320 e. The zero-order valence-electron chi connectivity index (χ0n) is 9.71. The van der Waals surface area contributed by atoms with Gasteiger partial charge in [-0.05, 0) is 38.0 Å². The summed E-state index contributed by atoms with van der Waals surface area (Å²) in [4.78, 5) is 10.7. The highest BCUT2D eigenvalue weighted by molar-refractivity contribution is 9.10. The van der Waals surface area contributed by atoms with E-state index in [2.05, 4.69) is 21.2 Å². The molecule has 3 nitrogen and oxygen atoms in total. The van der Waals surface area contributed by atoms with Gasteiger partial charge in [0.05, 0.1) is 0 Å². The van der Waals surface area contributed by atoms with Gasteiger partial charge in [-0.2, -0.15) is 0 Å². The van der Waals surface area contributed by atoms with Crippen LogP contribution in [0.1, 0.15) is 19.4 Å². The van der Waals surface area contributed by atoms with Crippen LogP contribution in [0.2, 0.25) is 0 Å². The van der Waals surface area contributed by atoms with Crippen molar-refractivity contribution >= 4 is 21.9 Å². The predicted octanol–water partition coefficient (Wildman–Crippen LogP) is 2.58. The smallest absolute Gasteiger partial charge is 0.320 e. The largest absolute Gasteiger partial charge is 0.480 e. The third-order valence-corrected chi connectivity index (χ3v) is 3.18. The first kappa shape index (κ1) is 14.1. The van der Waals surface area contributed by atoms with Crippen molar-refractivity contribution in [3.05, 3.63) is 34.1 Å². The lowest BCUT2D eigenvalue weighted by atomic mass is 10.1. The molecule has 0 fully saturated rings. The molecule has 1 aromatic carbocycles. The van der Waals surface area contributed by atoms with Crippen LogP contribution in [-0.4, -0.2) is 23.2 Å². The number of hydrogen-bond donors (Lipinski definition) is 2. The number of carboxylic acid groups (broad SMARTS) is 1. The van der Waals surface area contributed by atoms with Crippen LogP contribution in [0.15, 0.2) is 22.7 Å². The summed E-state index contributed by atoms with van der Waals surface area (Å²) >= 11 is 3.29. The minimum absolute atomic E-state index is 0.00265. The molecule has 1 unspecified atom stereocenters. The molecular formula is C12H15BrFNO2. The highest BCUT2D eigenvalue weighted by Crippen LogP contribution is 2.19. The molecule has 2 N–H and O–H groups in total. The van der Waals surface area contributed by atoms with Crippen LogP contribution >= 0.6 is 15.9 Å². The first-order valence-electron chi connectivity index (χ1n) is 5.33. The molecule has 0 amide bonds. The Morgan fingerprint density at radius 1 is 1.53 bits per heavy atom. The number of benzene rings is 1. The Kier molecular flexibility index (Phi) is 5.08. The predicted molar refractivity (Wildman–Crippen MR) is 67.5 cm³/mol. The monoisotopic (exact) mass is 303 g/mol. The summed E-state index contributed by atoms with van der Waals surface area (Å²) in [5.74, 6) is -1.17. The summed E-state index contributed by atoms with van der Waals surface area (Å²) in [7, 11) is 0. The Bertz CT molecular complexity index is 411. The number of halogens is 2. The van der Waals surface area contributed by atoms with E-state index in [1.54, 1.807) is 13.0 Å². The summed E-state index contributed by atoms with van der Waals surface area (Å²) in [6, 6.07) is 3.91. The Morgan fingerprint density at radius 3 is 2.71 bits per heavy atom. The SMILES string of the molecule is CC(Cc1ccc(F)cc1Br)N[C@H](C)C(=O)O. The van der Waals surface area contributed by atoms with Crippen molar-refractivity contribution in [3.8, 4) is 0 Å². The molecule has 5 heteroatoms. The Hall–Kier alpha value is -0.940. The minimum Gasteiger partial charge on any atom is -0.480 e. The summed E-state index contributed by atoms with van der Waals surface area (Å²) in [5.41, 5.74) is 0.948. The van der Waals surface area contributed by atoms with Gasteiger partial charge in [0.1, 0.15) is 11.9 Å². The molecule has 0 heterocycles. The number of aliphatic carboxylic acids is 1. The number of nitrogens with one attached hydrogen (secondary N) is 1. The lowest BCUT2D eigenvalue weighted by Gasteiger charge is -2.17. The van der Waals surface area contributed by atoms with Gasteiger partial charge >= 0.3 is 5.97 Å². The van der Waals surface area contributed by atoms with Crippen molar-refractivity contribution in [2.45, 2.75) is 32.4 Å². The third-order valence-electron chi connectivity index (χ3n) is 2.45. The van der Waals surface area contributed by atoms with E-state index in [1.807, 2.05) is 6.92 Å². The van der Waals surface area contributed by atoms with Gasteiger partial charge in [0, 0.05) is 10.5 Å². The van der Waals surface area contributed by atoms with Gasteiger partial charge in [-0.25, -0.2) is 4.39 Å². The van der Waals surface area contributed by atoms with Crippen LogP contribution in [0.25, 0.3) is 0 Å². The molecule has 0 bridgehead atoms. The molecule has 2 atom stereocenters. The fraction of sp³-hybridized carbons (Fsp3) is 0.417. The normalized spacial score (nSPS) is 14.4. The number of hydrogen-bond acceptors (Lipinski definition) is 2. The quantitative estimate of drug-likeness (QED) is 0.879. The van der Waals surface area contributed by atoms with E-state index in [4.69, 9.17) is 5.11 Å². The molecule has 0 aliphatic heterocycles. The standard InChI is InChI=1S/C12H15BrFNO2/c1-7(15-8(2)12(16)17)5-9-3-4-10(14)6-11(9)13/h3-4,6-8,15H,5H2,1-2H3,(H,16,17)/t7?,8-/m1/s1. The van der Waals surface area contributed by atoms with Gasteiger partial charge in [0.2, 0.25) is 0 Å². The molecule has 94 valence electrons. The van der Waals surface area contributed by atoms with E-state index in [0.717, 1.165) is 5.56 Å². The van der Waals surface area contributed by atoms with Crippen LogP contribution in [0.4, 0.5) is 4.39 Å². The summed E-state index contributed by atoms with van der Waals surface area (Å²) in [5, 5.41) is 11.7. The summed E-state index contributed by atoms with van der Waals surface area (Å²) in [6.45, 7) is 3.49. The van der Waals surface area contributed by atoms with Crippen LogP contribution in [0.3, 0.4) is 0 Å². The Balaban J connectivity index is 2.62. The topological polar surface area (TPSA) is 49.3 Å². The van der Waals surface area contributed by atoms with Crippen LogP contribution in [-0.2, 0) is 11.2 Å². The van der Waals surface area contributed by atoms with Gasteiger partial charge in [0.25, 0.3) is 0 Å².